The van der Waals surface area contributed by atoms with Crippen molar-refractivity contribution >= 4 is 0 Å². The maximum absolute atomic E-state index is 4.98. The van der Waals surface area contributed by atoms with Crippen LogP contribution in [0.4, 0.5) is 0 Å². The Hall–Kier alpha value is 0.594. The summed E-state index contributed by atoms with van der Waals surface area (Å²) >= 11 is -0.486. The minimum atomic E-state index is -0.486. The summed E-state index contributed by atoms with van der Waals surface area (Å²) < 4.78 is 9.95. The Balaban J connectivity index is 0. The molecule has 0 rings (SSSR count). The molecule has 0 fully saturated rings. The predicted molar refractivity (Wildman–Crippen MR) is 23.9 cm³/mol. The van der Waals surface area contributed by atoms with Crippen LogP contribution in [0.3, 0.4) is 0 Å². The molecule has 0 aromatic heterocycles. The molecule has 0 amide bonds. The van der Waals surface area contributed by atoms with Crippen LogP contribution in [0.1, 0.15) is 13.8 Å². The van der Waals surface area contributed by atoms with Gasteiger partial charge in [0, 0.05) is 0 Å². The summed E-state index contributed by atoms with van der Waals surface area (Å²) in [5.41, 5.74) is 0. The van der Waals surface area contributed by atoms with Crippen LogP contribution in [-0.2, 0) is 32.0 Å². The fraction of sp³-hybridized carbons (Fsp3) is 1.00. The Morgan fingerprint density at radius 1 is 1.12 bits per heavy atom. The zero-order valence-electron chi connectivity index (χ0n) is 5.14. The largest absolute Gasteiger partial charge is 2.00 e. The average Bonchev–Trinajstić information content (AvgIpc) is 1.69. The van der Waals surface area contributed by atoms with E-state index in [-0.39, 0.29) is 5.48 Å². The van der Waals surface area contributed by atoms with E-state index in [0.717, 1.165) is 13.2 Å². The molecule has 48 valence electrons. The molecule has 0 saturated carbocycles. The Kier molecular flexibility index (Phi) is 15.0. The van der Waals surface area contributed by atoms with Crippen molar-refractivity contribution in [1.29, 1.82) is 0 Å². The molecule has 0 atom stereocenters. The van der Waals surface area contributed by atoms with Crippen LogP contribution in [0, 0.1) is 0 Å². The number of hydrogen-bond donors (Lipinski definition) is 0. The molecular formula is C4H10O3Ti. The molecule has 0 radical (unpaired) electrons. The van der Waals surface area contributed by atoms with Gasteiger partial charge in [-0.25, -0.2) is 0 Å². The van der Waals surface area contributed by atoms with Crippen molar-refractivity contribution in [2.45, 2.75) is 13.8 Å². The second-order valence-corrected chi connectivity index (χ2v) is 2.11. The maximum atomic E-state index is 4.98. The van der Waals surface area contributed by atoms with Crippen molar-refractivity contribution in [3.8, 4) is 0 Å². The van der Waals surface area contributed by atoms with E-state index in [0.29, 0.717) is 0 Å². The second-order valence-electron chi connectivity index (χ2n) is 0.949. The van der Waals surface area contributed by atoms with Crippen LogP contribution in [0.2, 0.25) is 0 Å². The normalized spacial score (nSPS) is 7.25. The van der Waals surface area contributed by atoms with Crippen molar-refractivity contribution in [3.05, 3.63) is 0 Å². The standard InChI is InChI=1S/2C2H5O.O.Ti/c2*1-2-3;;/h2*2H2,1H3;;/q2*-1;-2;+4. The topological polar surface area (TPSA) is 47.0 Å². The van der Waals surface area contributed by atoms with Gasteiger partial charge in [0.05, 0.1) is 0 Å². The van der Waals surface area contributed by atoms with Gasteiger partial charge >= 0.3 is 53.6 Å². The summed E-state index contributed by atoms with van der Waals surface area (Å²) in [4.78, 5) is 0. The van der Waals surface area contributed by atoms with Crippen LogP contribution in [-0.4, -0.2) is 13.2 Å². The minimum absolute atomic E-state index is 0. The molecule has 0 aromatic carbocycles. The monoisotopic (exact) mass is 154 g/mol. The van der Waals surface area contributed by atoms with Crippen molar-refractivity contribution < 1.29 is 32.0 Å². The Morgan fingerprint density at radius 2 is 1.50 bits per heavy atom. The Bertz CT molecular complexity index is 30.5. The average molecular weight is 154 g/mol. The van der Waals surface area contributed by atoms with Crippen LogP contribution >= 0.6 is 0 Å². The van der Waals surface area contributed by atoms with Crippen molar-refractivity contribution in [1.82, 2.24) is 0 Å². The molecule has 4 heteroatoms. The summed E-state index contributed by atoms with van der Waals surface area (Å²) in [6.45, 7) is 5.53. The summed E-state index contributed by atoms with van der Waals surface area (Å²) in [5, 5.41) is 0. The van der Waals surface area contributed by atoms with Crippen molar-refractivity contribution in [2.75, 3.05) is 13.2 Å². The Morgan fingerprint density at radius 3 is 1.75 bits per heavy atom. The second kappa shape index (κ2) is 10.6. The van der Waals surface area contributed by atoms with Gasteiger partial charge in [-0.05, 0) is 0 Å². The summed E-state index contributed by atoms with van der Waals surface area (Å²) in [5.74, 6) is 0. The van der Waals surface area contributed by atoms with E-state index in [4.69, 9.17) is 6.64 Å². The molecule has 0 unspecified atom stereocenters. The van der Waals surface area contributed by atoms with E-state index in [9.17, 15) is 0 Å². The van der Waals surface area contributed by atoms with Gasteiger partial charge in [-0.15, -0.1) is 0 Å². The molecule has 0 aliphatic carbocycles. The molecule has 3 nitrogen and oxygen atoms in total. The van der Waals surface area contributed by atoms with E-state index >= 15 is 0 Å². The third kappa shape index (κ3) is 9.78. The van der Waals surface area contributed by atoms with Crippen LogP contribution in [0.25, 0.3) is 0 Å². The molecule has 0 aromatic rings. The molecular weight excluding hydrogens is 144 g/mol. The molecule has 0 aliphatic heterocycles. The minimum Gasteiger partial charge on any atom is -2.00 e. The summed E-state index contributed by atoms with van der Waals surface area (Å²) in [6, 6.07) is 0. The van der Waals surface area contributed by atoms with E-state index in [2.05, 4.69) is 0 Å². The van der Waals surface area contributed by atoms with Crippen LogP contribution in [0.15, 0.2) is 0 Å². The zero-order chi connectivity index (χ0) is 5.54. The SMILES string of the molecule is CC[O][Ti+2][O]CC.[O-2]. The van der Waals surface area contributed by atoms with Gasteiger partial charge in [0.25, 0.3) is 0 Å². The van der Waals surface area contributed by atoms with Gasteiger partial charge in [-0.1, -0.05) is 0 Å². The first-order valence-electron chi connectivity index (χ1n) is 2.40. The van der Waals surface area contributed by atoms with Gasteiger partial charge in [0.2, 0.25) is 0 Å². The van der Waals surface area contributed by atoms with E-state index in [1.54, 1.807) is 0 Å². The van der Waals surface area contributed by atoms with E-state index in [1.165, 1.54) is 0 Å². The van der Waals surface area contributed by atoms with Gasteiger partial charge in [0.1, 0.15) is 0 Å². The number of rotatable bonds is 4. The fourth-order valence-electron chi connectivity index (χ4n) is 0.160. The number of hydrogen-bond acceptors (Lipinski definition) is 2. The van der Waals surface area contributed by atoms with Crippen molar-refractivity contribution in [3.63, 3.8) is 0 Å². The fourth-order valence-corrected chi connectivity index (χ4v) is 0.658. The summed E-state index contributed by atoms with van der Waals surface area (Å²) in [7, 11) is 0. The molecule has 8 heavy (non-hydrogen) atoms. The van der Waals surface area contributed by atoms with Gasteiger partial charge in [-0.3, -0.25) is 0 Å². The Labute approximate surface area is 59.6 Å². The predicted octanol–water partition coefficient (Wildman–Crippen LogP) is 0.853. The van der Waals surface area contributed by atoms with Crippen LogP contribution < -0.4 is 0 Å². The van der Waals surface area contributed by atoms with Gasteiger partial charge < -0.3 is 5.48 Å². The third-order valence-corrected chi connectivity index (χ3v) is 1.68. The van der Waals surface area contributed by atoms with Gasteiger partial charge in [0.15, 0.2) is 0 Å². The summed E-state index contributed by atoms with van der Waals surface area (Å²) in [6.07, 6.45) is 0. The molecule has 0 N–H and O–H groups in total. The van der Waals surface area contributed by atoms with Crippen molar-refractivity contribution in [2.24, 2.45) is 0 Å². The van der Waals surface area contributed by atoms with E-state index in [1.807, 2.05) is 13.8 Å². The quantitative estimate of drug-likeness (QED) is 0.445. The van der Waals surface area contributed by atoms with E-state index < -0.39 is 19.9 Å². The zero-order valence-corrected chi connectivity index (χ0v) is 6.70. The first-order chi connectivity index (χ1) is 3.41. The molecule has 0 spiro atoms. The van der Waals surface area contributed by atoms with Crippen LogP contribution in [0.5, 0.6) is 0 Å². The molecule has 0 saturated heterocycles. The van der Waals surface area contributed by atoms with Gasteiger partial charge in [-0.2, -0.15) is 0 Å². The maximum Gasteiger partial charge on any atom is -2.00 e. The third-order valence-electron chi connectivity index (χ3n) is 0.407. The molecule has 0 aliphatic rings. The molecule has 0 heterocycles. The smallest absolute Gasteiger partial charge is 2.00 e. The molecule has 0 bridgehead atoms. The first kappa shape index (κ1) is 11.4. The first-order valence-corrected chi connectivity index (χ1v) is 3.67.